The molecule has 0 spiro atoms. The van der Waals surface area contributed by atoms with Crippen molar-refractivity contribution in [1.29, 1.82) is 0 Å². The first-order valence-electron chi connectivity index (χ1n) is 7.14. The smallest absolute Gasteiger partial charge is 0.310 e. The molecular weight excluding hydrogens is 242 g/mol. The minimum absolute atomic E-state index is 0.0498. The van der Waals surface area contributed by atoms with Gasteiger partial charge in [-0.1, -0.05) is 27.7 Å². The summed E-state index contributed by atoms with van der Waals surface area (Å²) in [6, 6.07) is 0. The number of hydrogen-bond acceptors (Lipinski definition) is 2. The number of carbonyl (C=O) groups excluding carboxylic acids is 1. The molecule has 110 valence electrons. The normalized spacial score (nSPS) is 20.2. The maximum absolute atomic E-state index is 12.0. The van der Waals surface area contributed by atoms with Crippen molar-refractivity contribution in [2.24, 2.45) is 22.7 Å². The largest absolute Gasteiger partial charge is 0.481 e. The Morgan fingerprint density at radius 2 is 1.79 bits per heavy atom. The first kappa shape index (κ1) is 16.0. The van der Waals surface area contributed by atoms with Crippen molar-refractivity contribution >= 4 is 11.9 Å². The van der Waals surface area contributed by atoms with E-state index < -0.39 is 11.4 Å². The highest BCUT2D eigenvalue weighted by atomic mass is 16.4. The second-order valence-electron chi connectivity index (χ2n) is 6.85. The third kappa shape index (κ3) is 3.48. The number of amides is 1. The molecule has 19 heavy (non-hydrogen) atoms. The molecule has 0 aromatic heterocycles. The second-order valence-corrected chi connectivity index (χ2v) is 6.85. The Kier molecular flexibility index (Phi) is 4.64. The maximum Gasteiger partial charge on any atom is 0.310 e. The van der Waals surface area contributed by atoms with E-state index in [-0.39, 0.29) is 23.7 Å². The summed E-state index contributed by atoms with van der Waals surface area (Å²) in [4.78, 5) is 23.3. The van der Waals surface area contributed by atoms with Gasteiger partial charge in [0.05, 0.1) is 5.41 Å². The van der Waals surface area contributed by atoms with E-state index in [1.54, 1.807) is 6.92 Å². The second kappa shape index (κ2) is 5.51. The van der Waals surface area contributed by atoms with Gasteiger partial charge in [0, 0.05) is 13.0 Å². The average molecular weight is 269 g/mol. The Balaban J connectivity index is 2.53. The van der Waals surface area contributed by atoms with E-state index in [2.05, 4.69) is 19.2 Å². The molecule has 1 aliphatic carbocycles. The fourth-order valence-electron chi connectivity index (χ4n) is 2.32. The Morgan fingerprint density at radius 1 is 1.26 bits per heavy atom. The summed E-state index contributed by atoms with van der Waals surface area (Å²) in [6.45, 7) is 10.4. The van der Waals surface area contributed by atoms with E-state index in [0.717, 1.165) is 12.8 Å². The number of rotatable bonds is 7. The van der Waals surface area contributed by atoms with E-state index in [1.165, 1.54) is 0 Å². The SMILES string of the molecule is CC(C)C1(CNC(=O)CC(C)(C(=O)O)C(C)C)CC1. The maximum atomic E-state index is 12.0. The summed E-state index contributed by atoms with van der Waals surface area (Å²) in [6.07, 6.45) is 2.37. The van der Waals surface area contributed by atoms with Crippen LogP contribution in [0.5, 0.6) is 0 Å². The van der Waals surface area contributed by atoms with Gasteiger partial charge in [-0.25, -0.2) is 0 Å². The molecule has 0 bridgehead atoms. The zero-order valence-electron chi connectivity index (χ0n) is 12.7. The van der Waals surface area contributed by atoms with Gasteiger partial charge in [0.2, 0.25) is 5.91 Å². The molecule has 4 nitrogen and oxygen atoms in total. The van der Waals surface area contributed by atoms with Crippen LogP contribution in [0.3, 0.4) is 0 Å². The first-order chi connectivity index (χ1) is 8.64. The molecule has 1 amide bonds. The number of carboxylic acid groups (broad SMARTS) is 1. The highest BCUT2D eigenvalue weighted by molar-refractivity contribution is 5.84. The molecule has 0 aromatic rings. The summed E-state index contributed by atoms with van der Waals surface area (Å²) in [5.74, 6) is -0.562. The molecule has 4 heteroatoms. The van der Waals surface area contributed by atoms with Gasteiger partial charge >= 0.3 is 5.97 Å². The number of aliphatic carboxylic acids is 1. The van der Waals surface area contributed by atoms with Gasteiger partial charge in [-0.05, 0) is 37.0 Å². The van der Waals surface area contributed by atoms with E-state index in [9.17, 15) is 14.7 Å². The van der Waals surface area contributed by atoms with E-state index >= 15 is 0 Å². The third-order valence-electron chi connectivity index (χ3n) is 5.05. The molecule has 0 aliphatic heterocycles. The molecule has 1 rings (SSSR count). The van der Waals surface area contributed by atoms with Crippen LogP contribution in [0.15, 0.2) is 0 Å². The molecule has 1 saturated carbocycles. The molecule has 1 atom stereocenters. The van der Waals surface area contributed by atoms with Crippen molar-refractivity contribution in [3.8, 4) is 0 Å². The molecule has 0 heterocycles. The number of carboxylic acids is 1. The van der Waals surface area contributed by atoms with Gasteiger partial charge < -0.3 is 10.4 Å². The van der Waals surface area contributed by atoms with Crippen LogP contribution in [-0.4, -0.2) is 23.5 Å². The average Bonchev–Trinajstić information content (AvgIpc) is 3.06. The van der Waals surface area contributed by atoms with Crippen LogP contribution in [-0.2, 0) is 9.59 Å². The van der Waals surface area contributed by atoms with Crippen LogP contribution < -0.4 is 5.32 Å². The van der Waals surface area contributed by atoms with Gasteiger partial charge in [-0.2, -0.15) is 0 Å². The predicted octanol–water partition coefficient (Wildman–Crippen LogP) is 2.68. The molecule has 2 N–H and O–H groups in total. The molecule has 0 saturated heterocycles. The summed E-state index contributed by atoms with van der Waals surface area (Å²) >= 11 is 0. The summed E-state index contributed by atoms with van der Waals surface area (Å²) in [5, 5.41) is 12.2. The topological polar surface area (TPSA) is 66.4 Å². The van der Waals surface area contributed by atoms with E-state index in [0.29, 0.717) is 12.5 Å². The van der Waals surface area contributed by atoms with Crippen LogP contribution in [0, 0.1) is 22.7 Å². The molecule has 0 aromatic carbocycles. The minimum atomic E-state index is -0.987. The van der Waals surface area contributed by atoms with Crippen LogP contribution >= 0.6 is 0 Å². The number of hydrogen-bond donors (Lipinski definition) is 2. The zero-order valence-corrected chi connectivity index (χ0v) is 12.7. The molecule has 1 unspecified atom stereocenters. The summed E-state index contributed by atoms with van der Waals surface area (Å²) in [7, 11) is 0. The summed E-state index contributed by atoms with van der Waals surface area (Å²) in [5.41, 5.74) is -0.730. The minimum Gasteiger partial charge on any atom is -0.481 e. The first-order valence-corrected chi connectivity index (χ1v) is 7.14. The Labute approximate surface area is 116 Å². The van der Waals surface area contributed by atoms with Crippen molar-refractivity contribution in [2.45, 2.75) is 53.9 Å². The molecule has 0 radical (unpaired) electrons. The van der Waals surface area contributed by atoms with Crippen molar-refractivity contribution in [3.05, 3.63) is 0 Å². The summed E-state index contributed by atoms with van der Waals surface area (Å²) < 4.78 is 0. The quantitative estimate of drug-likeness (QED) is 0.746. The van der Waals surface area contributed by atoms with E-state index in [1.807, 2.05) is 13.8 Å². The lowest BCUT2D eigenvalue weighted by Gasteiger charge is -2.29. The van der Waals surface area contributed by atoms with Crippen molar-refractivity contribution in [3.63, 3.8) is 0 Å². The lowest BCUT2D eigenvalue weighted by molar-refractivity contribution is -0.153. The Bertz CT molecular complexity index is 358. The molecule has 1 aliphatic rings. The molecule has 1 fully saturated rings. The van der Waals surface area contributed by atoms with Crippen molar-refractivity contribution in [1.82, 2.24) is 5.32 Å². The van der Waals surface area contributed by atoms with Gasteiger partial charge in [0.15, 0.2) is 0 Å². The van der Waals surface area contributed by atoms with Crippen molar-refractivity contribution in [2.75, 3.05) is 6.54 Å². The van der Waals surface area contributed by atoms with Gasteiger partial charge in [-0.15, -0.1) is 0 Å². The third-order valence-corrected chi connectivity index (χ3v) is 5.05. The fraction of sp³-hybridized carbons (Fsp3) is 0.867. The lowest BCUT2D eigenvalue weighted by Crippen LogP contribution is -2.41. The standard InChI is InChI=1S/C15H27NO3/c1-10(2)14(5,13(18)19)8-12(17)16-9-15(6-7-15)11(3)4/h10-11H,6-9H2,1-5H3,(H,16,17)(H,18,19). The Hall–Kier alpha value is -1.06. The molecular formula is C15H27NO3. The predicted molar refractivity (Wildman–Crippen MR) is 74.7 cm³/mol. The van der Waals surface area contributed by atoms with Crippen LogP contribution in [0.1, 0.15) is 53.9 Å². The van der Waals surface area contributed by atoms with Crippen molar-refractivity contribution < 1.29 is 14.7 Å². The van der Waals surface area contributed by atoms with E-state index in [4.69, 9.17) is 0 Å². The van der Waals surface area contributed by atoms with Crippen LogP contribution in [0.4, 0.5) is 0 Å². The zero-order chi connectivity index (χ0) is 14.8. The van der Waals surface area contributed by atoms with Crippen LogP contribution in [0.25, 0.3) is 0 Å². The lowest BCUT2D eigenvalue weighted by atomic mass is 9.76. The number of nitrogens with one attached hydrogen (secondary N) is 1. The monoisotopic (exact) mass is 269 g/mol. The highest BCUT2D eigenvalue weighted by Crippen LogP contribution is 2.51. The van der Waals surface area contributed by atoms with Gasteiger partial charge in [0.25, 0.3) is 0 Å². The highest BCUT2D eigenvalue weighted by Gasteiger charge is 2.46. The van der Waals surface area contributed by atoms with Gasteiger partial charge in [-0.3, -0.25) is 9.59 Å². The Morgan fingerprint density at radius 3 is 2.11 bits per heavy atom. The fourth-order valence-corrected chi connectivity index (χ4v) is 2.32. The van der Waals surface area contributed by atoms with Crippen LogP contribution in [0.2, 0.25) is 0 Å². The van der Waals surface area contributed by atoms with Gasteiger partial charge in [0.1, 0.15) is 0 Å². The number of carbonyl (C=O) groups is 2.